The van der Waals surface area contributed by atoms with Gasteiger partial charge < -0.3 is 20.3 Å². The number of aromatic nitrogens is 1. The van der Waals surface area contributed by atoms with Crippen LogP contribution in [0.5, 0.6) is 5.75 Å². The van der Waals surface area contributed by atoms with E-state index in [2.05, 4.69) is 15.5 Å². The van der Waals surface area contributed by atoms with Crippen LogP contribution in [0.25, 0.3) is 0 Å². The molecule has 2 aromatic rings. The molecule has 0 unspecified atom stereocenters. The lowest BCUT2D eigenvalue weighted by molar-refractivity contribution is 0.381. The van der Waals surface area contributed by atoms with Gasteiger partial charge in [0.1, 0.15) is 12.3 Å². The van der Waals surface area contributed by atoms with Crippen LogP contribution in [0.1, 0.15) is 17.0 Å². The van der Waals surface area contributed by atoms with Crippen molar-refractivity contribution in [3.05, 3.63) is 47.3 Å². The molecule has 21 heavy (non-hydrogen) atoms. The van der Waals surface area contributed by atoms with Gasteiger partial charge in [-0.25, -0.2) is 4.99 Å². The third-order valence-corrected chi connectivity index (χ3v) is 2.96. The van der Waals surface area contributed by atoms with E-state index in [1.165, 1.54) is 5.56 Å². The molecule has 3 N–H and O–H groups in total. The van der Waals surface area contributed by atoms with Crippen molar-refractivity contribution in [2.75, 3.05) is 13.7 Å². The Labute approximate surface area is 124 Å². The molecule has 1 heterocycles. The Morgan fingerprint density at radius 2 is 2.14 bits per heavy atom. The first-order valence-electron chi connectivity index (χ1n) is 6.76. The lowest BCUT2D eigenvalue weighted by Crippen LogP contribution is -2.33. The first-order valence-corrected chi connectivity index (χ1v) is 6.76. The first-order chi connectivity index (χ1) is 10.2. The second-order valence-corrected chi connectivity index (χ2v) is 4.66. The molecule has 0 aliphatic carbocycles. The molecular formula is C15H20N4O2. The van der Waals surface area contributed by atoms with E-state index in [0.717, 1.165) is 24.4 Å². The van der Waals surface area contributed by atoms with Crippen LogP contribution in [0.15, 0.2) is 39.8 Å². The molecule has 0 aliphatic heterocycles. The van der Waals surface area contributed by atoms with Crippen molar-refractivity contribution in [2.24, 2.45) is 10.7 Å². The van der Waals surface area contributed by atoms with Crippen LogP contribution in [0, 0.1) is 6.92 Å². The lowest BCUT2D eigenvalue weighted by atomic mass is 10.1. The molecule has 1 aromatic heterocycles. The van der Waals surface area contributed by atoms with Gasteiger partial charge in [-0.1, -0.05) is 17.3 Å². The van der Waals surface area contributed by atoms with E-state index in [4.69, 9.17) is 15.0 Å². The van der Waals surface area contributed by atoms with Gasteiger partial charge in [-0.3, -0.25) is 0 Å². The summed E-state index contributed by atoms with van der Waals surface area (Å²) in [5.74, 6) is 1.96. The van der Waals surface area contributed by atoms with E-state index in [1.54, 1.807) is 7.11 Å². The van der Waals surface area contributed by atoms with Crippen LogP contribution in [-0.4, -0.2) is 24.8 Å². The topological polar surface area (TPSA) is 85.7 Å². The minimum atomic E-state index is 0.391. The third-order valence-electron chi connectivity index (χ3n) is 2.96. The highest BCUT2D eigenvalue weighted by Gasteiger charge is 2.00. The number of aryl methyl sites for hydroxylation is 1. The molecular weight excluding hydrogens is 268 g/mol. The molecule has 0 saturated heterocycles. The number of guanidine groups is 1. The van der Waals surface area contributed by atoms with Gasteiger partial charge in [-0.05, 0) is 31.0 Å². The van der Waals surface area contributed by atoms with Gasteiger partial charge in [0.2, 0.25) is 0 Å². The number of methoxy groups -OCH3 is 1. The van der Waals surface area contributed by atoms with Gasteiger partial charge in [0.15, 0.2) is 11.7 Å². The molecule has 0 spiro atoms. The Hall–Kier alpha value is -2.50. The van der Waals surface area contributed by atoms with Gasteiger partial charge in [0, 0.05) is 12.6 Å². The van der Waals surface area contributed by atoms with Crippen molar-refractivity contribution in [1.82, 2.24) is 10.5 Å². The molecule has 0 bridgehead atoms. The van der Waals surface area contributed by atoms with E-state index in [-0.39, 0.29) is 0 Å². The van der Waals surface area contributed by atoms with Gasteiger partial charge in [0.25, 0.3) is 0 Å². The Morgan fingerprint density at radius 1 is 1.38 bits per heavy atom. The average molecular weight is 288 g/mol. The highest BCUT2D eigenvalue weighted by molar-refractivity contribution is 5.77. The minimum Gasteiger partial charge on any atom is -0.497 e. The number of benzene rings is 1. The van der Waals surface area contributed by atoms with Crippen LogP contribution in [-0.2, 0) is 13.0 Å². The lowest BCUT2D eigenvalue weighted by Gasteiger charge is -2.06. The largest absolute Gasteiger partial charge is 0.497 e. The zero-order valence-corrected chi connectivity index (χ0v) is 12.3. The summed E-state index contributed by atoms with van der Waals surface area (Å²) in [7, 11) is 1.66. The molecule has 0 fully saturated rings. The summed E-state index contributed by atoms with van der Waals surface area (Å²) in [6.45, 7) is 2.98. The Morgan fingerprint density at radius 3 is 2.76 bits per heavy atom. The molecule has 0 radical (unpaired) electrons. The number of ether oxygens (including phenoxy) is 1. The zero-order valence-electron chi connectivity index (χ0n) is 12.3. The summed E-state index contributed by atoms with van der Waals surface area (Å²) in [6, 6.07) is 9.79. The molecule has 0 atom stereocenters. The number of nitrogens with one attached hydrogen (secondary N) is 1. The number of hydrogen-bond acceptors (Lipinski definition) is 4. The summed E-state index contributed by atoms with van der Waals surface area (Å²) < 4.78 is 10.2. The van der Waals surface area contributed by atoms with Gasteiger partial charge in [0.05, 0.1) is 12.8 Å². The van der Waals surface area contributed by atoms with Crippen molar-refractivity contribution in [2.45, 2.75) is 19.9 Å². The summed E-state index contributed by atoms with van der Waals surface area (Å²) >= 11 is 0. The van der Waals surface area contributed by atoms with Gasteiger partial charge >= 0.3 is 0 Å². The Bertz CT molecular complexity index is 590. The second kappa shape index (κ2) is 7.33. The van der Waals surface area contributed by atoms with Crippen LogP contribution >= 0.6 is 0 Å². The second-order valence-electron chi connectivity index (χ2n) is 4.66. The van der Waals surface area contributed by atoms with Crippen LogP contribution in [0.3, 0.4) is 0 Å². The van der Waals surface area contributed by atoms with E-state index in [0.29, 0.717) is 18.3 Å². The highest BCUT2D eigenvalue weighted by atomic mass is 16.5. The number of hydrogen-bond donors (Lipinski definition) is 2. The third kappa shape index (κ3) is 4.83. The molecule has 0 saturated carbocycles. The number of nitrogens with two attached hydrogens (primary N) is 1. The summed E-state index contributed by atoms with van der Waals surface area (Å²) in [4.78, 5) is 4.20. The fourth-order valence-electron chi connectivity index (χ4n) is 1.84. The van der Waals surface area contributed by atoms with Crippen molar-refractivity contribution in [3.63, 3.8) is 0 Å². The maximum Gasteiger partial charge on any atom is 0.189 e. The summed E-state index contributed by atoms with van der Waals surface area (Å²) in [5.41, 5.74) is 7.84. The summed E-state index contributed by atoms with van der Waals surface area (Å²) in [5, 5.41) is 6.87. The normalized spacial score (nSPS) is 11.4. The molecule has 2 rings (SSSR count). The van der Waals surface area contributed by atoms with Crippen molar-refractivity contribution in [1.29, 1.82) is 0 Å². The number of rotatable bonds is 6. The highest BCUT2D eigenvalue weighted by Crippen LogP contribution is 2.11. The first kappa shape index (κ1) is 14.9. The van der Waals surface area contributed by atoms with E-state index >= 15 is 0 Å². The monoisotopic (exact) mass is 288 g/mol. The Kier molecular flexibility index (Phi) is 5.20. The van der Waals surface area contributed by atoms with E-state index in [9.17, 15) is 0 Å². The zero-order chi connectivity index (χ0) is 15.1. The van der Waals surface area contributed by atoms with E-state index < -0.39 is 0 Å². The number of aliphatic imine (C=N–C) groups is 1. The van der Waals surface area contributed by atoms with Crippen LogP contribution < -0.4 is 15.8 Å². The number of nitrogens with zero attached hydrogens (tertiary/aromatic N) is 2. The molecule has 112 valence electrons. The fraction of sp³-hybridized carbons (Fsp3) is 0.333. The smallest absolute Gasteiger partial charge is 0.189 e. The van der Waals surface area contributed by atoms with Crippen LogP contribution in [0.2, 0.25) is 0 Å². The molecule has 1 aromatic carbocycles. The van der Waals surface area contributed by atoms with Gasteiger partial charge in [-0.2, -0.15) is 0 Å². The maximum atomic E-state index is 5.79. The standard InChI is InChI=1S/C15H20N4O2/c1-11-9-14(21-19-11)10-18-15(16)17-8-7-12-3-5-13(20-2)6-4-12/h3-6,9H,7-8,10H2,1-2H3,(H3,16,17,18). The fourth-order valence-corrected chi connectivity index (χ4v) is 1.84. The average Bonchev–Trinajstić information content (AvgIpc) is 2.91. The van der Waals surface area contributed by atoms with Crippen LogP contribution in [0.4, 0.5) is 0 Å². The van der Waals surface area contributed by atoms with Crippen molar-refractivity contribution < 1.29 is 9.26 Å². The molecule has 0 aliphatic rings. The van der Waals surface area contributed by atoms with Crippen molar-refractivity contribution in [3.8, 4) is 5.75 Å². The minimum absolute atomic E-state index is 0.391. The maximum absolute atomic E-state index is 5.79. The van der Waals surface area contributed by atoms with Crippen molar-refractivity contribution >= 4 is 5.96 Å². The molecule has 6 heteroatoms. The summed E-state index contributed by atoms with van der Waals surface area (Å²) in [6.07, 6.45) is 0.863. The SMILES string of the molecule is COc1ccc(CCNC(N)=NCc2cc(C)no2)cc1. The Balaban J connectivity index is 1.74. The van der Waals surface area contributed by atoms with E-state index in [1.807, 2.05) is 37.3 Å². The predicted octanol–water partition coefficient (Wildman–Crippen LogP) is 1.64. The molecule has 6 nitrogen and oxygen atoms in total. The molecule has 0 amide bonds. The predicted molar refractivity (Wildman–Crippen MR) is 81.3 cm³/mol. The van der Waals surface area contributed by atoms with Gasteiger partial charge in [-0.15, -0.1) is 0 Å². The quantitative estimate of drug-likeness (QED) is 0.623.